The Hall–Kier alpha value is -2.32. The molecule has 0 spiro atoms. The fourth-order valence-corrected chi connectivity index (χ4v) is 3.06. The first-order valence-corrected chi connectivity index (χ1v) is 7.05. The van der Waals surface area contributed by atoms with Gasteiger partial charge >= 0.3 is 5.97 Å². The fraction of sp³-hybridized carbons (Fsp3) is 0.375. The lowest BCUT2D eigenvalue weighted by molar-refractivity contribution is -0.146. The minimum atomic E-state index is -0.190. The minimum absolute atomic E-state index is 0.185. The van der Waals surface area contributed by atoms with E-state index in [-0.39, 0.29) is 12.0 Å². The van der Waals surface area contributed by atoms with Crippen molar-refractivity contribution in [1.29, 1.82) is 5.26 Å². The molecule has 3 heterocycles. The second-order valence-corrected chi connectivity index (χ2v) is 5.29. The number of fused-ring (bicyclic) bond motifs is 1. The summed E-state index contributed by atoms with van der Waals surface area (Å²) in [6, 6.07) is 7.89. The van der Waals surface area contributed by atoms with Gasteiger partial charge in [-0.05, 0) is 31.5 Å². The van der Waals surface area contributed by atoms with E-state index in [4.69, 9.17) is 4.74 Å². The van der Waals surface area contributed by atoms with Crippen LogP contribution >= 0.6 is 0 Å². The van der Waals surface area contributed by atoms with Gasteiger partial charge in [-0.2, -0.15) is 5.26 Å². The van der Waals surface area contributed by atoms with Crippen molar-refractivity contribution in [1.82, 2.24) is 9.30 Å². The van der Waals surface area contributed by atoms with Crippen LogP contribution in [0.5, 0.6) is 0 Å². The average molecular weight is 283 g/mol. The zero-order chi connectivity index (χ0) is 14.8. The minimum Gasteiger partial charge on any atom is -0.468 e. The van der Waals surface area contributed by atoms with Crippen LogP contribution < -0.4 is 0 Å². The SMILES string of the molecule is COC(=O)C1CCCN1Cc1cn2ccccc2c1C#N. The number of methoxy groups -OCH3 is 1. The van der Waals surface area contributed by atoms with Crippen molar-refractivity contribution in [2.45, 2.75) is 25.4 Å². The number of nitriles is 1. The van der Waals surface area contributed by atoms with Gasteiger partial charge in [-0.25, -0.2) is 0 Å². The van der Waals surface area contributed by atoms with Gasteiger partial charge in [0.1, 0.15) is 12.1 Å². The summed E-state index contributed by atoms with van der Waals surface area (Å²) in [7, 11) is 1.42. The molecule has 5 nitrogen and oxygen atoms in total. The Balaban J connectivity index is 1.91. The molecule has 0 aliphatic carbocycles. The number of rotatable bonds is 3. The van der Waals surface area contributed by atoms with Crippen LogP contribution in [0.25, 0.3) is 5.52 Å². The van der Waals surface area contributed by atoms with Crippen LogP contribution in [0, 0.1) is 11.3 Å². The molecule has 2 aromatic rings. The van der Waals surface area contributed by atoms with E-state index in [0.29, 0.717) is 12.1 Å². The fourth-order valence-electron chi connectivity index (χ4n) is 3.06. The molecule has 21 heavy (non-hydrogen) atoms. The highest BCUT2D eigenvalue weighted by molar-refractivity contribution is 5.76. The van der Waals surface area contributed by atoms with E-state index >= 15 is 0 Å². The van der Waals surface area contributed by atoms with Crippen molar-refractivity contribution in [2.24, 2.45) is 0 Å². The molecule has 0 radical (unpaired) electrons. The third kappa shape index (κ3) is 2.39. The number of nitrogens with zero attached hydrogens (tertiary/aromatic N) is 3. The van der Waals surface area contributed by atoms with E-state index in [0.717, 1.165) is 30.5 Å². The number of carbonyl (C=O) groups excluding carboxylic acids is 1. The molecule has 108 valence electrons. The Labute approximate surface area is 123 Å². The van der Waals surface area contributed by atoms with Crippen molar-refractivity contribution < 1.29 is 9.53 Å². The number of hydrogen-bond acceptors (Lipinski definition) is 4. The lowest BCUT2D eigenvalue weighted by Gasteiger charge is -2.21. The molecular weight excluding hydrogens is 266 g/mol. The zero-order valence-electron chi connectivity index (χ0n) is 12.0. The Morgan fingerprint density at radius 1 is 1.52 bits per heavy atom. The molecule has 3 rings (SSSR count). The molecule has 0 aromatic carbocycles. The summed E-state index contributed by atoms with van der Waals surface area (Å²) in [6.07, 6.45) is 5.71. The summed E-state index contributed by atoms with van der Waals surface area (Å²) in [4.78, 5) is 13.9. The zero-order valence-corrected chi connectivity index (χ0v) is 12.0. The smallest absolute Gasteiger partial charge is 0.323 e. The maximum atomic E-state index is 11.8. The molecule has 1 saturated heterocycles. The topological polar surface area (TPSA) is 57.7 Å². The van der Waals surface area contributed by atoms with Crippen LogP contribution in [0.1, 0.15) is 24.0 Å². The molecule has 0 amide bonds. The lowest BCUT2D eigenvalue weighted by atomic mass is 10.1. The van der Waals surface area contributed by atoms with Gasteiger partial charge in [-0.1, -0.05) is 6.07 Å². The molecule has 0 N–H and O–H groups in total. The van der Waals surface area contributed by atoms with Crippen LogP contribution in [0.4, 0.5) is 0 Å². The monoisotopic (exact) mass is 283 g/mol. The summed E-state index contributed by atoms with van der Waals surface area (Å²) in [5, 5.41) is 9.43. The molecule has 1 aliphatic rings. The van der Waals surface area contributed by atoms with E-state index in [9.17, 15) is 10.1 Å². The van der Waals surface area contributed by atoms with Crippen molar-refractivity contribution >= 4 is 11.5 Å². The highest BCUT2D eigenvalue weighted by Crippen LogP contribution is 2.25. The Morgan fingerprint density at radius 3 is 3.14 bits per heavy atom. The molecule has 5 heteroatoms. The number of carbonyl (C=O) groups is 1. The predicted octanol–water partition coefficient (Wildman–Crippen LogP) is 1.95. The van der Waals surface area contributed by atoms with Crippen LogP contribution in [-0.4, -0.2) is 35.0 Å². The van der Waals surface area contributed by atoms with Gasteiger partial charge in [-0.3, -0.25) is 9.69 Å². The quantitative estimate of drug-likeness (QED) is 0.808. The van der Waals surface area contributed by atoms with Gasteiger partial charge in [-0.15, -0.1) is 0 Å². The summed E-state index contributed by atoms with van der Waals surface area (Å²) < 4.78 is 6.82. The van der Waals surface area contributed by atoms with Gasteiger partial charge in [0.25, 0.3) is 0 Å². The first-order valence-electron chi connectivity index (χ1n) is 7.05. The number of pyridine rings is 1. The van der Waals surface area contributed by atoms with Crippen LogP contribution in [0.15, 0.2) is 30.6 Å². The van der Waals surface area contributed by atoms with Crippen molar-refractivity contribution in [3.05, 3.63) is 41.7 Å². The normalized spacial score (nSPS) is 18.8. The van der Waals surface area contributed by atoms with Gasteiger partial charge in [0.2, 0.25) is 0 Å². The second kappa shape index (κ2) is 5.58. The Bertz CT molecular complexity index is 714. The highest BCUT2D eigenvalue weighted by Gasteiger charge is 2.32. The molecule has 1 unspecified atom stereocenters. The molecule has 1 aliphatic heterocycles. The van der Waals surface area contributed by atoms with Gasteiger partial charge in [0.05, 0.1) is 18.2 Å². The standard InChI is InChI=1S/C16H17N3O2/c1-21-16(20)15-6-4-8-19(15)11-12-10-18-7-3-2-5-14(18)13(12)9-17/h2-3,5,7,10,15H,4,6,8,11H2,1H3. The maximum Gasteiger partial charge on any atom is 0.323 e. The molecule has 1 atom stereocenters. The summed E-state index contributed by atoms with van der Waals surface area (Å²) >= 11 is 0. The third-order valence-electron chi connectivity index (χ3n) is 4.08. The molecule has 0 saturated carbocycles. The molecular formula is C16H17N3O2. The number of likely N-dealkylation sites (tertiary alicyclic amines) is 1. The van der Waals surface area contributed by atoms with Crippen LogP contribution in [0.2, 0.25) is 0 Å². The third-order valence-corrected chi connectivity index (χ3v) is 4.08. The summed E-state index contributed by atoms with van der Waals surface area (Å²) in [5.41, 5.74) is 2.55. The number of aromatic nitrogens is 1. The Kier molecular flexibility index (Phi) is 3.63. The second-order valence-electron chi connectivity index (χ2n) is 5.29. The molecule has 0 bridgehead atoms. The van der Waals surface area contributed by atoms with Gasteiger partial charge < -0.3 is 9.14 Å². The van der Waals surface area contributed by atoms with Crippen molar-refractivity contribution in [3.8, 4) is 6.07 Å². The number of hydrogen-bond donors (Lipinski definition) is 0. The van der Waals surface area contributed by atoms with Crippen LogP contribution in [-0.2, 0) is 16.1 Å². The van der Waals surface area contributed by atoms with Gasteiger partial charge in [0, 0.05) is 24.5 Å². The van der Waals surface area contributed by atoms with E-state index < -0.39 is 0 Å². The Morgan fingerprint density at radius 2 is 2.38 bits per heavy atom. The number of esters is 1. The van der Waals surface area contributed by atoms with E-state index in [1.165, 1.54) is 7.11 Å². The van der Waals surface area contributed by atoms with Crippen molar-refractivity contribution in [3.63, 3.8) is 0 Å². The highest BCUT2D eigenvalue weighted by atomic mass is 16.5. The first-order chi connectivity index (χ1) is 10.2. The van der Waals surface area contributed by atoms with E-state index in [1.54, 1.807) is 0 Å². The average Bonchev–Trinajstić information content (AvgIpc) is 3.10. The number of ether oxygens (including phenoxy) is 1. The summed E-state index contributed by atoms with van der Waals surface area (Å²) in [5.74, 6) is -0.185. The molecule has 2 aromatic heterocycles. The lowest BCUT2D eigenvalue weighted by Crippen LogP contribution is -2.36. The van der Waals surface area contributed by atoms with Crippen molar-refractivity contribution in [2.75, 3.05) is 13.7 Å². The van der Waals surface area contributed by atoms with E-state index in [1.807, 2.05) is 35.0 Å². The van der Waals surface area contributed by atoms with Gasteiger partial charge in [0.15, 0.2) is 0 Å². The summed E-state index contributed by atoms with van der Waals surface area (Å²) in [6.45, 7) is 1.46. The first kappa shape index (κ1) is 13.7. The predicted molar refractivity (Wildman–Crippen MR) is 77.6 cm³/mol. The molecule has 1 fully saturated rings. The largest absolute Gasteiger partial charge is 0.468 e. The van der Waals surface area contributed by atoms with E-state index in [2.05, 4.69) is 11.0 Å². The maximum absolute atomic E-state index is 11.8. The van der Waals surface area contributed by atoms with Crippen LogP contribution in [0.3, 0.4) is 0 Å².